The lowest BCUT2D eigenvalue weighted by atomic mass is 9.55. The first-order chi connectivity index (χ1) is 15.9. The Bertz CT molecular complexity index is 1130. The standard InChI is InChI=1S/C25H26ClFN2O4/c1-2-33-14-9-10-16-18(13-14)28-23(32)25(16)19(15-7-6-8-17(26)20(15)27)21(22(30)31)29-24(25)11-4-3-5-12-24/h6-10,13,19,21,29H,2-5,11-12H2,1H3,(H,28,32)(H,30,31)/t19-,21+,25+/m0/s1. The normalized spacial score (nSPS) is 27.5. The number of hydrogen-bond donors (Lipinski definition) is 3. The number of hydrogen-bond acceptors (Lipinski definition) is 4. The van der Waals surface area contributed by atoms with E-state index in [1.165, 1.54) is 6.07 Å². The Balaban J connectivity index is 1.81. The lowest BCUT2D eigenvalue weighted by Crippen LogP contribution is -2.60. The van der Waals surface area contributed by atoms with Crippen LogP contribution in [-0.4, -0.2) is 35.2 Å². The number of carbonyl (C=O) groups is 2. The zero-order chi connectivity index (χ0) is 23.4. The van der Waals surface area contributed by atoms with Crippen LogP contribution >= 0.6 is 11.6 Å². The van der Waals surface area contributed by atoms with Crippen molar-refractivity contribution in [1.29, 1.82) is 0 Å². The molecule has 2 aromatic carbocycles. The lowest BCUT2D eigenvalue weighted by Gasteiger charge is -2.47. The van der Waals surface area contributed by atoms with E-state index in [0.717, 1.165) is 19.3 Å². The minimum atomic E-state index is -1.30. The van der Waals surface area contributed by atoms with E-state index in [9.17, 15) is 14.7 Å². The monoisotopic (exact) mass is 472 g/mol. The second-order valence-corrected chi connectivity index (χ2v) is 9.53. The molecule has 0 unspecified atom stereocenters. The fourth-order valence-electron chi connectivity index (χ4n) is 6.47. The summed E-state index contributed by atoms with van der Waals surface area (Å²) in [6.45, 7) is 2.35. The maximum Gasteiger partial charge on any atom is 0.321 e. The lowest BCUT2D eigenvalue weighted by molar-refractivity contribution is -0.139. The summed E-state index contributed by atoms with van der Waals surface area (Å²) in [6.07, 6.45) is 3.95. The molecule has 1 aliphatic carbocycles. The number of carboxylic acids is 1. The summed E-state index contributed by atoms with van der Waals surface area (Å²) in [5, 5.41) is 16.5. The van der Waals surface area contributed by atoms with E-state index < -0.39 is 34.7 Å². The molecule has 174 valence electrons. The number of ether oxygens (including phenoxy) is 1. The highest BCUT2D eigenvalue weighted by Gasteiger charge is 2.72. The summed E-state index contributed by atoms with van der Waals surface area (Å²) in [5.41, 5.74) is -0.727. The number of carboxylic acid groups (broad SMARTS) is 1. The van der Waals surface area contributed by atoms with Gasteiger partial charge in [-0.1, -0.05) is 49.1 Å². The van der Waals surface area contributed by atoms with Gasteiger partial charge in [-0.15, -0.1) is 0 Å². The first-order valence-corrected chi connectivity index (χ1v) is 11.8. The Morgan fingerprint density at radius 3 is 2.70 bits per heavy atom. The Morgan fingerprint density at radius 1 is 1.24 bits per heavy atom. The van der Waals surface area contributed by atoms with Crippen LogP contribution in [0.2, 0.25) is 5.02 Å². The van der Waals surface area contributed by atoms with Gasteiger partial charge in [-0.2, -0.15) is 0 Å². The van der Waals surface area contributed by atoms with Crippen molar-refractivity contribution in [1.82, 2.24) is 5.32 Å². The molecule has 0 aromatic heterocycles. The molecule has 6 nitrogen and oxygen atoms in total. The number of amides is 1. The van der Waals surface area contributed by atoms with Crippen LogP contribution in [0.15, 0.2) is 36.4 Å². The zero-order valence-electron chi connectivity index (χ0n) is 18.3. The van der Waals surface area contributed by atoms with Crippen LogP contribution in [0, 0.1) is 5.82 Å². The van der Waals surface area contributed by atoms with Gasteiger partial charge in [0.2, 0.25) is 5.91 Å². The third-order valence-electron chi connectivity index (χ3n) is 7.61. The molecule has 5 rings (SSSR count). The largest absolute Gasteiger partial charge is 0.494 e. The van der Waals surface area contributed by atoms with Crippen LogP contribution in [0.25, 0.3) is 0 Å². The van der Waals surface area contributed by atoms with Crippen molar-refractivity contribution in [3.8, 4) is 5.75 Å². The number of rotatable bonds is 4. The number of carbonyl (C=O) groups excluding carboxylic acids is 1. The molecule has 3 N–H and O–H groups in total. The van der Waals surface area contributed by atoms with E-state index in [2.05, 4.69) is 10.6 Å². The molecular formula is C25H26ClFN2O4. The van der Waals surface area contributed by atoms with Gasteiger partial charge in [-0.05, 0) is 43.0 Å². The van der Waals surface area contributed by atoms with Crippen molar-refractivity contribution < 1.29 is 23.8 Å². The SMILES string of the molecule is CCOc1ccc2c(c1)NC(=O)[C@]21[C@@H](c2cccc(Cl)c2F)[C@H](C(=O)O)NC12CCCCC2. The summed E-state index contributed by atoms with van der Waals surface area (Å²) in [6, 6.07) is 8.81. The van der Waals surface area contributed by atoms with E-state index in [1.54, 1.807) is 24.3 Å². The highest BCUT2D eigenvalue weighted by atomic mass is 35.5. The van der Waals surface area contributed by atoms with Crippen LogP contribution in [0.4, 0.5) is 10.1 Å². The first kappa shape index (κ1) is 22.2. The van der Waals surface area contributed by atoms with Gasteiger partial charge in [0.05, 0.1) is 11.6 Å². The van der Waals surface area contributed by atoms with E-state index in [4.69, 9.17) is 16.3 Å². The van der Waals surface area contributed by atoms with E-state index in [-0.39, 0.29) is 16.5 Å². The molecule has 0 radical (unpaired) electrons. The molecule has 2 spiro atoms. The minimum Gasteiger partial charge on any atom is -0.494 e. The minimum absolute atomic E-state index is 0.0956. The number of anilines is 1. The average molecular weight is 473 g/mol. The van der Waals surface area contributed by atoms with Crippen molar-refractivity contribution >= 4 is 29.2 Å². The Labute approximate surface area is 196 Å². The van der Waals surface area contributed by atoms with Gasteiger partial charge in [-0.3, -0.25) is 14.9 Å². The molecule has 1 saturated carbocycles. The van der Waals surface area contributed by atoms with Crippen LogP contribution in [0.3, 0.4) is 0 Å². The third-order valence-corrected chi connectivity index (χ3v) is 7.90. The smallest absolute Gasteiger partial charge is 0.321 e. The predicted octanol–water partition coefficient (Wildman–Crippen LogP) is 4.61. The Kier molecular flexibility index (Phi) is 5.37. The summed E-state index contributed by atoms with van der Waals surface area (Å²) >= 11 is 6.12. The van der Waals surface area contributed by atoms with Gasteiger partial charge < -0.3 is 15.2 Å². The maximum absolute atomic E-state index is 15.4. The summed E-state index contributed by atoms with van der Waals surface area (Å²) in [5.74, 6) is -2.48. The van der Waals surface area contributed by atoms with Crippen LogP contribution in [0.5, 0.6) is 5.75 Å². The molecule has 2 heterocycles. The van der Waals surface area contributed by atoms with Crippen molar-refractivity contribution in [2.75, 3.05) is 11.9 Å². The number of fused-ring (bicyclic) bond motifs is 3. The fourth-order valence-corrected chi connectivity index (χ4v) is 6.65. The summed E-state index contributed by atoms with van der Waals surface area (Å²) in [4.78, 5) is 26.5. The summed E-state index contributed by atoms with van der Waals surface area (Å²) < 4.78 is 21.1. The molecule has 8 heteroatoms. The van der Waals surface area contributed by atoms with Crippen LogP contribution < -0.4 is 15.4 Å². The Morgan fingerprint density at radius 2 is 2.00 bits per heavy atom. The molecule has 3 aliphatic rings. The maximum atomic E-state index is 15.4. The molecular weight excluding hydrogens is 447 g/mol. The van der Waals surface area contributed by atoms with Crippen molar-refractivity contribution in [3.63, 3.8) is 0 Å². The molecule has 1 saturated heterocycles. The molecule has 0 bridgehead atoms. The average Bonchev–Trinajstić information content (AvgIpc) is 3.24. The van der Waals surface area contributed by atoms with Gasteiger partial charge in [0.25, 0.3) is 0 Å². The molecule has 2 fully saturated rings. The van der Waals surface area contributed by atoms with Gasteiger partial charge in [0.15, 0.2) is 0 Å². The molecule has 2 aliphatic heterocycles. The highest BCUT2D eigenvalue weighted by molar-refractivity contribution is 6.30. The number of halogens is 2. The zero-order valence-corrected chi connectivity index (χ0v) is 19.0. The predicted molar refractivity (Wildman–Crippen MR) is 122 cm³/mol. The number of aliphatic carboxylic acids is 1. The first-order valence-electron chi connectivity index (χ1n) is 11.4. The van der Waals surface area contributed by atoms with E-state index in [0.29, 0.717) is 36.4 Å². The van der Waals surface area contributed by atoms with E-state index >= 15 is 4.39 Å². The highest BCUT2D eigenvalue weighted by Crippen LogP contribution is 2.62. The number of benzene rings is 2. The molecule has 3 atom stereocenters. The fraction of sp³-hybridized carbons (Fsp3) is 0.440. The van der Waals surface area contributed by atoms with E-state index in [1.807, 2.05) is 13.0 Å². The quantitative estimate of drug-likeness (QED) is 0.604. The van der Waals surface area contributed by atoms with Gasteiger partial charge >= 0.3 is 5.97 Å². The second-order valence-electron chi connectivity index (χ2n) is 9.13. The molecule has 1 amide bonds. The van der Waals surface area contributed by atoms with Gasteiger partial charge in [0.1, 0.15) is 23.0 Å². The van der Waals surface area contributed by atoms with Crippen molar-refractivity contribution in [2.45, 2.75) is 61.9 Å². The second kappa shape index (κ2) is 7.99. The summed E-state index contributed by atoms with van der Waals surface area (Å²) in [7, 11) is 0. The number of nitrogens with one attached hydrogen (secondary N) is 2. The topological polar surface area (TPSA) is 87.7 Å². The molecule has 33 heavy (non-hydrogen) atoms. The van der Waals surface area contributed by atoms with Crippen molar-refractivity contribution in [2.24, 2.45) is 0 Å². The van der Waals surface area contributed by atoms with Crippen LogP contribution in [-0.2, 0) is 15.0 Å². The van der Waals surface area contributed by atoms with Gasteiger partial charge in [-0.25, -0.2) is 4.39 Å². The third kappa shape index (κ3) is 3.02. The molecule has 2 aromatic rings. The Hall–Kier alpha value is -2.64. The van der Waals surface area contributed by atoms with Crippen LogP contribution in [0.1, 0.15) is 56.1 Å². The van der Waals surface area contributed by atoms with Crippen molar-refractivity contribution in [3.05, 3.63) is 58.4 Å². The van der Waals surface area contributed by atoms with Gasteiger partial charge in [0, 0.05) is 23.2 Å².